The molecule has 0 aromatic carbocycles. The molecule has 0 spiro atoms. The van der Waals surface area contributed by atoms with Crippen LogP contribution in [0.2, 0.25) is 0 Å². The number of nitrogens with two attached hydrogens (primary N) is 2. The number of nitrogens with zero attached hydrogens (tertiary/aromatic N) is 2. The summed E-state index contributed by atoms with van der Waals surface area (Å²) in [4.78, 5) is 4.27. The van der Waals surface area contributed by atoms with Crippen LogP contribution >= 0.6 is 11.3 Å². The van der Waals surface area contributed by atoms with Crippen LogP contribution in [0.25, 0.3) is 10.6 Å². The van der Waals surface area contributed by atoms with Crippen LogP contribution in [0.5, 0.6) is 0 Å². The Hall–Kier alpha value is -1.56. The summed E-state index contributed by atoms with van der Waals surface area (Å²) < 4.78 is 0. The van der Waals surface area contributed by atoms with Crippen molar-refractivity contribution in [3.05, 3.63) is 11.1 Å². The number of nitrogens with one attached hydrogen (secondary N) is 1. The third-order valence-corrected chi connectivity index (χ3v) is 2.63. The van der Waals surface area contributed by atoms with Crippen LogP contribution < -0.4 is 11.5 Å². The van der Waals surface area contributed by atoms with E-state index in [0.717, 1.165) is 10.7 Å². The molecule has 2 rings (SSSR count). The highest BCUT2D eigenvalue weighted by Crippen LogP contribution is 2.31. The average Bonchev–Trinajstić information content (AvgIpc) is 2.60. The van der Waals surface area contributed by atoms with Gasteiger partial charge in [-0.25, -0.2) is 4.98 Å². The van der Waals surface area contributed by atoms with Crippen LogP contribution in [0, 0.1) is 6.92 Å². The van der Waals surface area contributed by atoms with Gasteiger partial charge in [-0.3, -0.25) is 5.10 Å². The van der Waals surface area contributed by atoms with Crippen LogP contribution in [0.4, 0.5) is 11.6 Å². The van der Waals surface area contributed by atoms with E-state index in [0.29, 0.717) is 17.2 Å². The molecule has 0 aliphatic rings. The fourth-order valence-electron chi connectivity index (χ4n) is 1.06. The van der Waals surface area contributed by atoms with E-state index in [2.05, 4.69) is 15.2 Å². The molecule has 2 aromatic rings. The van der Waals surface area contributed by atoms with E-state index in [1.54, 1.807) is 0 Å². The van der Waals surface area contributed by atoms with Crippen LogP contribution in [-0.4, -0.2) is 15.2 Å². The SMILES string of the molecule is Cc1csc(-c2c(N)n[nH]c2N)n1. The maximum atomic E-state index is 5.65. The summed E-state index contributed by atoms with van der Waals surface area (Å²) in [6.45, 7) is 1.92. The summed E-state index contributed by atoms with van der Waals surface area (Å²) in [7, 11) is 0. The average molecular weight is 195 g/mol. The molecule has 0 aliphatic heterocycles. The number of aromatic nitrogens is 3. The van der Waals surface area contributed by atoms with Crippen molar-refractivity contribution in [2.75, 3.05) is 11.5 Å². The number of hydrogen-bond acceptors (Lipinski definition) is 5. The maximum Gasteiger partial charge on any atom is 0.157 e. The highest BCUT2D eigenvalue weighted by Gasteiger charge is 2.13. The Balaban J connectivity index is 2.57. The van der Waals surface area contributed by atoms with Gasteiger partial charge in [0.15, 0.2) is 5.82 Å². The summed E-state index contributed by atoms with van der Waals surface area (Å²) >= 11 is 1.50. The van der Waals surface area contributed by atoms with Gasteiger partial charge in [0.25, 0.3) is 0 Å². The number of aryl methyl sites for hydroxylation is 1. The van der Waals surface area contributed by atoms with Gasteiger partial charge >= 0.3 is 0 Å². The third-order valence-electron chi connectivity index (χ3n) is 1.66. The van der Waals surface area contributed by atoms with Gasteiger partial charge in [-0.05, 0) is 6.92 Å². The Morgan fingerprint density at radius 3 is 2.69 bits per heavy atom. The number of thiazole rings is 1. The Kier molecular flexibility index (Phi) is 1.70. The topological polar surface area (TPSA) is 93.6 Å². The molecule has 0 fully saturated rings. The Morgan fingerprint density at radius 2 is 2.23 bits per heavy atom. The second-order valence-electron chi connectivity index (χ2n) is 2.69. The monoisotopic (exact) mass is 195 g/mol. The van der Waals surface area contributed by atoms with Crippen molar-refractivity contribution in [2.45, 2.75) is 6.92 Å². The lowest BCUT2D eigenvalue weighted by Crippen LogP contribution is -1.90. The summed E-state index contributed by atoms with van der Waals surface area (Å²) in [6, 6.07) is 0. The molecule has 13 heavy (non-hydrogen) atoms. The van der Waals surface area contributed by atoms with E-state index in [1.807, 2.05) is 12.3 Å². The first-order chi connectivity index (χ1) is 6.18. The van der Waals surface area contributed by atoms with E-state index in [-0.39, 0.29) is 0 Å². The normalized spacial score (nSPS) is 10.5. The van der Waals surface area contributed by atoms with Crippen molar-refractivity contribution >= 4 is 23.0 Å². The fourth-order valence-corrected chi connectivity index (χ4v) is 1.93. The van der Waals surface area contributed by atoms with Crippen molar-refractivity contribution in [2.24, 2.45) is 0 Å². The first kappa shape index (κ1) is 8.06. The van der Waals surface area contributed by atoms with Crippen LogP contribution in [0.15, 0.2) is 5.38 Å². The zero-order valence-corrected chi connectivity index (χ0v) is 7.85. The zero-order chi connectivity index (χ0) is 9.42. The third kappa shape index (κ3) is 1.25. The molecule has 68 valence electrons. The molecule has 0 saturated carbocycles. The minimum absolute atomic E-state index is 0.395. The number of anilines is 2. The molecule has 6 heteroatoms. The molecular formula is C7H9N5S. The Labute approximate surface area is 78.8 Å². The Bertz CT molecular complexity index is 410. The second-order valence-corrected chi connectivity index (χ2v) is 3.55. The molecule has 0 amide bonds. The number of nitrogen functional groups attached to an aromatic ring is 2. The number of aromatic amines is 1. The minimum Gasteiger partial charge on any atom is -0.383 e. The first-order valence-corrected chi connectivity index (χ1v) is 4.58. The molecule has 0 saturated heterocycles. The standard InChI is InChI=1S/C7H9N5S/c1-3-2-13-7(10-3)4-5(8)11-12-6(4)9/h2H,1H3,(H5,8,9,11,12). The second kappa shape index (κ2) is 2.74. The van der Waals surface area contributed by atoms with Crippen molar-refractivity contribution in [1.82, 2.24) is 15.2 Å². The van der Waals surface area contributed by atoms with E-state index in [4.69, 9.17) is 11.5 Å². The highest BCUT2D eigenvalue weighted by molar-refractivity contribution is 7.13. The Morgan fingerprint density at radius 1 is 1.46 bits per heavy atom. The molecule has 2 heterocycles. The molecule has 0 atom stereocenters. The fraction of sp³-hybridized carbons (Fsp3) is 0.143. The van der Waals surface area contributed by atoms with Crippen LogP contribution in [0.3, 0.4) is 0 Å². The smallest absolute Gasteiger partial charge is 0.157 e. The number of H-pyrrole nitrogens is 1. The van der Waals surface area contributed by atoms with Gasteiger partial charge in [-0.2, -0.15) is 5.10 Å². The van der Waals surface area contributed by atoms with Gasteiger partial charge in [0.05, 0.1) is 5.56 Å². The minimum atomic E-state index is 0.395. The summed E-state index contributed by atoms with van der Waals surface area (Å²) in [5.74, 6) is 0.860. The van der Waals surface area contributed by atoms with Crippen molar-refractivity contribution in [1.29, 1.82) is 0 Å². The van der Waals surface area contributed by atoms with Crippen molar-refractivity contribution < 1.29 is 0 Å². The molecule has 5 N–H and O–H groups in total. The number of rotatable bonds is 1. The van der Waals surface area contributed by atoms with E-state index in [1.165, 1.54) is 11.3 Å². The predicted octanol–water partition coefficient (Wildman–Crippen LogP) is 1.01. The molecule has 0 radical (unpaired) electrons. The molecule has 2 aromatic heterocycles. The molecule has 0 unspecified atom stereocenters. The van der Waals surface area contributed by atoms with Gasteiger partial charge in [-0.15, -0.1) is 11.3 Å². The van der Waals surface area contributed by atoms with Gasteiger partial charge in [0, 0.05) is 11.1 Å². The van der Waals surface area contributed by atoms with Gasteiger partial charge in [0.2, 0.25) is 0 Å². The first-order valence-electron chi connectivity index (χ1n) is 3.70. The lowest BCUT2D eigenvalue weighted by atomic mass is 10.3. The highest BCUT2D eigenvalue weighted by atomic mass is 32.1. The lowest BCUT2D eigenvalue weighted by Gasteiger charge is -1.93. The van der Waals surface area contributed by atoms with Crippen LogP contribution in [0.1, 0.15) is 5.69 Å². The largest absolute Gasteiger partial charge is 0.383 e. The van der Waals surface area contributed by atoms with Crippen LogP contribution in [-0.2, 0) is 0 Å². The van der Waals surface area contributed by atoms with Crippen molar-refractivity contribution in [3.63, 3.8) is 0 Å². The van der Waals surface area contributed by atoms with Crippen molar-refractivity contribution in [3.8, 4) is 10.6 Å². The molecule has 0 bridgehead atoms. The summed E-state index contributed by atoms with van der Waals surface area (Å²) in [6.07, 6.45) is 0. The maximum absolute atomic E-state index is 5.65. The predicted molar refractivity (Wildman–Crippen MR) is 53.3 cm³/mol. The molecular weight excluding hydrogens is 186 g/mol. The number of hydrogen-bond donors (Lipinski definition) is 3. The summed E-state index contributed by atoms with van der Waals surface area (Å²) in [5, 5.41) is 9.16. The van der Waals surface area contributed by atoms with Gasteiger partial charge in [0.1, 0.15) is 10.8 Å². The lowest BCUT2D eigenvalue weighted by molar-refractivity contribution is 1.11. The van der Waals surface area contributed by atoms with Gasteiger partial charge in [-0.1, -0.05) is 0 Å². The quantitative estimate of drug-likeness (QED) is 0.633. The van der Waals surface area contributed by atoms with E-state index >= 15 is 0 Å². The van der Waals surface area contributed by atoms with E-state index < -0.39 is 0 Å². The molecule has 0 aliphatic carbocycles. The zero-order valence-electron chi connectivity index (χ0n) is 7.03. The van der Waals surface area contributed by atoms with E-state index in [9.17, 15) is 0 Å². The van der Waals surface area contributed by atoms with Gasteiger partial charge < -0.3 is 11.5 Å². The molecule has 5 nitrogen and oxygen atoms in total. The summed E-state index contributed by atoms with van der Waals surface area (Å²) in [5.41, 5.74) is 12.9.